The highest BCUT2D eigenvalue weighted by Crippen LogP contribution is 2.31. The fourth-order valence-corrected chi connectivity index (χ4v) is 2.34. The molecule has 20 heavy (non-hydrogen) atoms. The predicted molar refractivity (Wildman–Crippen MR) is 84.1 cm³/mol. The van der Waals surface area contributed by atoms with Gasteiger partial charge < -0.3 is 15.6 Å². The SMILES string of the molecule is CC(N)c1ccc(Oc2ccc(CCO)cc2)c(Br)c1. The summed E-state index contributed by atoms with van der Waals surface area (Å²) in [6, 6.07) is 13.5. The Morgan fingerprint density at radius 2 is 1.90 bits per heavy atom. The molecular formula is C16H18BrNO2. The first-order chi connectivity index (χ1) is 9.60. The van der Waals surface area contributed by atoms with Gasteiger partial charge in [0.1, 0.15) is 11.5 Å². The first kappa shape index (κ1) is 15.0. The van der Waals surface area contributed by atoms with Crippen molar-refractivity contribution < 1.29 is 9.84 Å². The van der Waals surface area contributed by atoms with Crippen LogP contribution >= 0.6 is 15.9 Å². The van der Waals surface area contributed by atoms with Gasteiger partial charge in [0, 0.05) is 12.6 Å². The van der Waals surface area contributed by atoms with E-state index in [1.165, 1.54) is 0 Å². The Kier molecular flexibility index (Phi) is 5.17. The van der Waals surface area contributed by atoms with Crippen molar-refractivity contribution in [3.63, 3.8) is 0 Å². The van der Waals surface area contributed by atoms with Gasteiger partial charge in [-0.15, -0.1) is 0 Å². The van der Waals surface area contributed by atoms with Crippen molar-refractivity contribution in [1.82, 2.24) is 0 Å². The minimum absolute atomic E-state index is 0.00175. The zero-order valence-electron chi connectivity index (χ0n) is 11.3. The van der Waals surface area contributed by atoms with Gasteiger partial charge in [0.15, 0.2) is 0 Å². The summed E-state index contributed by atoms with van der Waals surface area (Å²) in [7, 11) is 0. The first-order valence-corrected chi connectivity index (χ1v) is 7.32. The van der Waals surface area contributed by atoms with Crippen LogP contribution in [0.3, 0.4) is 0 Å². The second kappa shape index (κ2) is 6.88. The largest absolute Gasteiger partial charge is 0.456 e. The van der Waals surface area contributed by atoms with Crippen LogP contribution in [0.5, 0.6) is 11.5 Å². The Morgan fingerprint density at radius 3 is 2.45 bits per heavy atom. The molecular weight excluding hydrogens is 318 g/mol. The zero-order valence-corrected chi connectivity index (χ0v) is 12.9. The fraction of sp³-hybridized carbons (Fsp3) is 0.250. The number of ether oxygens (including phenoxy) is 1. The van der Waals surface area contributed by atoms with E-state index >= 15 is 0 Å². The molecule has 0 aliphatic rings. The second-order valence-electron chi connectivity index (χ2n) is 4.70. The number of benzene rings is 2. The minimum atomic E-state index is -0.00175. The smallest absolute Gasteiger partial charge is 0.141 e. The number of nitrogens with two attached hydrogens (primary N) is 1. The van der Waals surface area contributed by atoms with Crippen LogP contribution in [0, 0.1) is 0 Å². The Morgan fingerprint density at radius 1 is 1.20 bits per heavy atom. The van der Waals surface area contributed by atoms with E-state index in [-0.39, 0.29) is 12.6 Å². The average Bonchev–Trinajstić information content (AvgIpc) is 2.43. The van der Waals surface area contributed by atoms with Gasteiger partial charge in [-0.05, 0) is 64.7 Å². The zero-order chi connectivity index (χ0) is 14.5. The standard InChI is InChI=1S/C16H18BrNO2/c1-11(18)13-4-7-16(15(17)10-13)20-14-5-2-12(3-6-14)8-9-19/h2-7,10-11,19H,8-9,18H2,1H3. The third kappa shape index (κ3) is 3.82. The lowest BCUT2D eigenvalue weighted by Gasteiger charge is -2.11. The molecule has 0 aromatic heterocycles. The molecule has 106 valence electrons. The molecule has 0 radical (unpaired) electrons. The molecule has 0 aliphatic heterocycles. The third-order valence-electron chi connectivity index (χ3n) is 3.03. The van der Waals surface area contributed by atoms with Crippen LogP contribution in [0.1, 0.15) is 24.1 Å². The number of rotatable bonds is 5. The molecule has 0 saturated carbocycles. The summed E-state index contributed by atoms with van der Waals surface area (Å²) in [6.45, 7) is 2.10. The lowest BCUT2D eigenvalue weighted by Crippen LogP contribution is -2.04. The molecule has 0 spiro atoms. The molecule has 0 aliphatic carbocycles. The molecule has 0 amide bonds. The normalized spacial score (nSPS) is 12.2. The van der Waals surface area contributed by atoms with Gasteiger partial charge in [-0.2, -0.15) is 0 Å². The van der Waals surface area contributed by atoms with E-state index < -0.39 is 0 Å². The molecule has 4 heteroatoms. The highest BCUT2D eigenvalue weighted by Gasteiger charge is 2.06. The van der Waals surface area contributed by atoms with Crippen LogP contribution in [-0.4, -0.2) is 11.7 Å². The third-order valence-corrected chi connectivity index (χ3v) is 3.65. The maximum absolute atomic E-state index is 8.88. The molecule has 0 saturated heterocycles. The molecule has 2 aromatic carbocycles. The van der Waals surface area contributed by atoms with E-state index in [0.29, 0.717) is 6.42 Å². The maximum Gasteiger partial charge on any atom is 0.141 e. The quantitative estimate of drug-likeness (QED) is 0.873. The fourth-order valence-electron chi connectivity index (χ4n) is 1.86. The summed E-state index contributed by atoms with van der Waals surface area (Å²) in [5.41, 5.74) is 8.00. The Balaban J connectivity index is 2.13. The van der Waals surface area contributed by atoms with Crippen molar-refractivity contribution in [3.05, 3.63) is 58.1 Å². The Hall–Kier alpha value is -1.36. The molecule has 2 rings (SSSR count). The summed E-state index contributed by atoms with van der Waals surface area (Å²) in [5, 5.41) is 8.88. The van der Waals surface area contributed by atoms with E-state index in [0.717, 1.165) is 27.1 Å². The highest BCUT2D eigenvalue weighted by atomic mass is 79.9. The number of halogens is 1. The molecule has 0 bridgehead atoms. The van der Waals surface area contributed by atoms with Crippen LogP contribution in [0.15, 0.2) is 46.9 Å². The number of aliphatic hydroxyl groups excluding tert-OH is 1. The van der Waals surface area contributed by atoms with Gasteiger partial charge in [0.25, 0.3) is 0 Å². The molecule has 0 fully saturated rings. The summed E-state index contributed by atoms with van der Waals surface area (Å²) in [4.78, 5) is 0. The van der Waals surface area contributed by atoms with Crippen LogP contribution in [0.2, 0.25) is 0 Å². The summed E-state index contributed by atoms with van der Waals surface area (Å²) in [6.07, 6.45) is 0.660. The van der Waals surface area contributed by atoms with Crippen LogP contribution < -0.4 is 10.5 Å². The van der Waals surface area contributed by atoms with Crippen molar-refractivity contribution in [2.45, 2.75) is 19.4 Å². The Labute approximate surface area is 127 Å². The van der Waals surface area contributed by atoms with Gasteiger partial charge in [-0.25, -0.2) is 0 Å². The molecule has 0 heterocycles. The van der Waals surface area contributed by atoms with E-state index in [9.17, 15) is 0 Å². The second-order valence-corrected chi connectivity index (χ2v) is 5.55. The molecule has 2 aromatic rings. The first-order valence-electron chi connectivity index (χ1n) is 6.53. The summed E-state index contributed by atoms with van der Waals surface area (Å²) in [5.74, 6) is 1.52. The van der Waals surface area contributed by atoms with Crippen molar-refractivity contribution in [2.24, 2.45) is 5.73 Å². The topological polar surface area (TPSA) is 55.5 Å². The predicted octanol–water partition coefficient (Wildman–Crippen LogP) is 3.80. The van der Waals surface area contributed by atoms with Crippen LogP contribution in [0.25, 0.3) is 0 Å². The van der Waals surface area contributed by atoms with Gasteiger partial charge >= 0.3 is 0 Å². The lowest BCUT2D eigenvalue weighted by molar-refractivity contribution is 0.299. The number of hydrogen-bond donors (Lipinski definition) is 2. The average molecular weight is 336 g/mol. The molecule has 3 N–H and O–H groups in total. The van der Waals surface area contributed by atoms with Crippen molar-refractivity contribution in [1.29, 1.82) is 0 Å². The van der Waals surface area contributed by atoms with E-state index in [1.807, 2.05) is 49.4 Å². The van der Waals surface area contributed by atoms with Crippen LogP contribution in [-0.2, 0) is 6.42 Å². The molecule has 1 atom stereocenters. The highest BCUT2D eigenvalue weighted by molar-refractivity contribution is 9.10. The van der Waals surface area contributed by atoms with Gasteiger partial charge in [-0.3, -0.25) is 0 Å². The lowest BCUT2D eigenvalue weighted by atomic mass is 10.1. The van der Waals surface area contributed by atoms with Crippen LogP contribution in [0.4, 0.5) is 0 Å². The van der Waals surface area contributed by atoms with Crippen molar-refractivity contribution in [3.8, 4) is 11.5 Å². The van der Waals surface area contributed by atoms with E-state index in [4.69, 9.17) is 15.6 Å². The number of aliphatic hydroxyl groups is 1. The van der Waals surface area contributed by atoms with E-state index in [2.05, 4.69) is 15.9 Å². The summed E-state index contributed by atoms with van der Waals surface area (Å²) < 4.78 is 6.71. The maximum atomic E-state index is 8.88. The summed E-state index contributed by atoms with van der Waals surface area (Å²) >= 11 is 3.50. The van der Waals surface area contributed by atoms with Crippen molar-refractivity contribution in [2.75, 3.05) is 6.61 Å². The van der Waals surface area contributed by atoms with Crippen molar-refractivity contribution >= 4 is 15.9 Å². The number of hydrogen-bond acceptors (Lipinski definition) is 3. The van der Waals surface area contributed by atoms with Gasteiger partial charge in [-0.1, -0.05) is 18.2 Å². The Bertz CT molecular complexity index is 567. The monoisotopic (exact) mass is 335 g/mol. The van der Waals surface area contributed by atoms with E-state index in [1.54, 1.807) is 0 Å². The molecule has 1 unspecified atom stereocenters. The van der Waals surface area contributed by atoms with Gasteiger partial charge in [0.05, 0.1) is 4.47 Å². The minimum Gasteiger partial charge on any atom is -0.456 e. The van der Waals surface area contributed by atoms with Gasteiger partial charge in [0.2, 0.25) is 0 Å². The molecule has 3 nitrogen and oxygen atoms in total.